The maximum atomic E-state index is 5.78. The van der Waals surface area contributed by atoms with Crippen molar-refractivity contribution in [3.8, 4) is 0 Å². The molecule has 0 saturated carbocycles. The Labute approximate surface area is 70.2 Å². The second-order valence-corrected chi connectivity index (χ2v) is 3.03. The fourth-order valence-electron chi connectivity index (χ4n) is 0.827. The average molecular weight is 177 g/mol. The van der Waals surface area contributed by atoms with Gasteiger partial charge < -0.3 is 0 Å². The molecule has 0 saturated heterocycles. The summed E-state index contributed by atoms with van der Waals surface area (Å²) >= 11 is 11.5. The second kappa shape index (κ2) is 2.77. The smallest absolute Gasteiger partial charge is 0.190 e. The van der Waals surface area contributed by atoms with E-state index in [1.807, 2.05) is 26.2 Å². The Bertz CT molecular complexity index is 235. The van der Waals surface area contributed by atoms with E-state index >= 15 is 0 Å². The maximum Gasteiger partial charge on any atom is 0.293 e. The lowest BCUT2D eigenvalue weighted by Gasteiger charge is -1.94. The van der Waals surface area contributed by atoms with Gasteiger partial charge in [0, 0.05) is 5.56 Å². The van der Waals surface area contributed by atoms with Crippen molar-refractivity contribution in [2.75, 3.05) is 0 Å². The quantitative estimate of drug-likeness (QED) is 0.422. The molecule has 0 aliphatic heterocycles. The van der Waals surface area contributed by atoms with Crippen LogP contribution in [0.3, 0.4) is 0 Å². The highest BCUT2D eigenvalue weighted by Crippen LogP contribution is 2.17. The highest BCUT2D eigenvalue weighted by molar-refractivity contribution is 6.40. The zero-order valence-corrected chi connectivity index (χ0v) is 7.37. The molecule has 0 aromatic carbocycles. The monoisotopic (exact) mass is 176 g/mol. The maximum absolute atomic E-state index is 5.78. The Morgan fingerprint density at radius 3 is 2.50 bits per heavy atom. The molecule has 10 heavy (non-hydrogen) atoms. The standard InChI is InChI=1S/C7H8Cl2N/c1-5-3-6(8)7(9)10(2)4-5/h3-4H,1-2H3/q+1. The highest BCUT2D eigenvalue weighted by Gasteiger charge is 2.08. The number of rotatable bonds is 0. The van der Waals surface area contributed by atoms with Crippen molar-refractivity contribution in [1.29, 1.82) is 0 Å². The van der Waals surface area contributed by atoms with E-state index in [1.54, 1.807) is 4.57 Å². The van der Waals surface area contributed by atoms with E-state index < -0.39 is 0 Å². The van der Waals surface area contributed by atoms with Crippen molar-refractivity contribution < 1.29 is 4.57 Å². The summed E-state index contributed by atoms with van der Waals surface area (Å²) < 4.78 is 1.79. The van der Waals surface area contributed by atoms with E-state index in [0.717, 1.165) is 5.56 Å². The lowest BCUT2D eigenvalue weighted by Crippen LogP contribution is -2.29. The SMILES string of the molecule is Cc1cc(Cl)c(Cl)[n+](C)c1. The molecule has 0 spiro atoms. The molecular weight excluding hydrogens is 169 g/mol. The van der Waals surface area contributed by atoms with Gasteiger partial charge in [-0.1, -0.05) is 11.6 Å². The Balaban J connectivity index is 3.31. The van der Waals surface area contributed by atoms with Crippen LogP contribution in [0.1, 0.15) is 5.56 Å². The van der Waals surface area contributed by atoms with Gasteiger partial charge in [-0.25, -0.2) is 0 Å². The molecule has 0 aliphatic carbocycles. The summed E-state index contributed by atoms with van der Waals surface area (Å²) in [4.78, 5) is 0. The topological polar surface area (TPSA) is 3.88 Å². The van der Waals surface area contributed by atoms with E-state index in [2.05, 4.69) is 0 Å². The molecule has 0 bridgehead atoms. The Kier molecular flexibility index (Phi) is 2.17. The van der Waals surface area contributed by atoms with Gasteiger partial charge in [-0.3, -0.25) is 0 Å². The summed E-state index contributed by atoms with van der Waals surface area (Å²) in [7, 11) is 1.86. The zero-order chi connectivity index (χ0) is 7.72. The Morgan fingerprint density at radius 2 is 2.00 bits per heavy atom. The number of hydrogen-bond acceptors (Lipinski definition) is 0. The van der Waals surface area contributed by atoms with Crippen LogP contribution < -0.4 is 4.57 Å². The van der Waals surface area contributed by atoms with Gasteiger partial charge in [0.15, 0.2) is 6.20 Å². The van der Waals surface area contributed by atoms with Crippen molar-refractivity contribution in [3.05, 3.63) is 28.0 Å². The lowest BCUT2D eigenvalue weighted by molar-refractivity contribution is -0.669. The molecule has 0 radical (unpaired) electrons. The predicted octanol–water partition coefficient (Wildman–Crippen LogP) is 2.13. The Hall–Kier alpha value is -0.270. The Morgan fingerprint density at radius 1 is 1.40 bits per heavy atom. The van der Waals surface area contributed by atoms with Crippen molar-refractivity contribution in [2.45, 2.75) is 6.92 Å². The summed E-state index contributed by atoms with van der Waals surface area (Å²) in [6.07, 6.45) is 1.92. The number of hydrogen-bond donors (Lipinski definition) is 0. The third-order valence-electron chi connectivity index (χ3n) is 1.26. The molecule has 1 aromatic heterocycles. The van der Waals surface area contributed by atoms with Crippen molar-refractivity contribution >= 4 is 23.2 Å². The average Bonchev–Trinajstić information content (AvgIpc) is 1.82. The number of nitrogens with zero attached hydrogens (tertiary/aromatic N) is 1. The van der Waals surface area contributed by atoms with Gasteiger partial charge >= 0.3 is 0 Å². The van der Waals surface area contributed by atoms with Crippen LogP contribution in [-0.4, -0.2) is 0 Å². The van der Waals surface area contributed by atoms with Gasteiger partial charge in [0.1, 0.15) is 12.1 Å². The molecule has 1 rings (SSSR count). The van der Waals surface area contributed by atoms with Crippen molar-refractivity contribution in [3.63, 3.8) is 0 Å². The van der Waals surface area contributed by atoms with E-state index in [1.165, 1.54) is 0 Å². The summed E-state index contributed by atoms with van der Waals surface area (Å²) in [5, 5.41) is 1.18. The van der Waals surface area contributed by atoms with Crippen LogP contribution in [0, 0.1) is 6.92 Å². The largest absolute Gasteiger partial charge is 0.293 e. The fraction of sp³-hybridized carbons (Fsp3) is 0.286. The number of halogens is 2. The first-order valence-corrected chi connectivity index (χ1v) is 3.68. The van der Waals surface area contributed by atoms with Gasteiger partial charge in [-0.15, -0.1) is 0 Å². The molecule has 1 nitrogen and oxygen atoms in total. The van der Waals surface area contributed by atoms with E-state index in [0.29, 0.717) is 10.2 Å². The molecule has 54 valence electrons. The minimum atomic E-state index is 0.576. The number of aryl methyl sites for hydroxylation is 2. The minimum absolute atomic E-state index is 0.576. The molecule has 0 aliphatic rings. The predicted molar refractivity (Wildman–Crippen MR) is 42.4 cm³/mol. The van der Waals surface area contributed by atoms with Crippen LogP contribution in [-0.2, 0) is 7.05 Å². The summed E-state index contributed by atoms with van der Waals surface area (Å²) in [6, 6.07) is 1.84. The van der Waals surface area contributed by atoms with Gasteiger partial charge in [-0.2, -0.15) is 4.57 Å². The van der Waals surface area contributed by atoms with Crippen molar-refractivity contribution in [1.82, 2.24) is 0 Å². The van der Waals surface area contributed by atoms with Crippen LogP contribution in [0.15, 0.2) is 12.3 Å². The molecule has 0 fully saturated rings. The van der Waals surface area contributed by atoms with Crippen LogP contribution >= 0.6 is 23.2 Å². The molecule has 1 aromatic rings. The third kappa shape index (κ3) is 1.41. The molecular formula is C7H8Cl2N+. The summed E-state index contributed by atoms with van der Waals surface area (Å²) in [6.45, 7) is 1.97. The second-order valence-electron chi connectivity index (χ2n) is 2.27. The summed E-state index contributed by atoms with van der Waals surface area (Å²) in [5.74, 6) is 0. The van der Waals surface area contributed by atoms with Gasteiger partial charge in [0.05, 0.1) is 0 Å². The van der Waals surface area contributed by atoms with Gasteiger partial charge in [-0.05, 0) is 24.6 Å². The minimum Gasteiger partial charge on any atom is -0.190 e. The third-order valence-corrected chi connectivity index (χ3v) is 2.11. The van der Waals surface area contributed by atoms with E-state index in [9.17, 15) is 0 Å². The molecule has 1 heterocycles. The first kappa shape index (κ1) is 7.83. The fourth-order valence-corrected chi connectivity index (χ4v) is 1.24. The van der Waals surface area contributed by atoms with Crippen LogP contribution in [0.5, 0.6) is 0 Å². The van der Waals surface area contributed by atoms with Crippen LogP contribution in [0.4, 0.5) is 0 Å². The zero-order valence-electron chi connectivity index (χ0n) is 5.86. The first-order valence-electron chi connectivity index (χ1n) is 2.92. The van der Waals surface area contributed by atoms with Gasteiger partial charge in [0.2, 0.25) is 0 Å². The molecule has 0 amide bonds. The summed E-state index contributed by atoms with van der Waals surface area (Å²) in [5.41, 5.74) is 1.11. The van der Waals surface area contributed by atoms with Crippen LogP contribution in [0.25, 0.3) is 0 Å². The number of aromatic nitrogens is 1. The molecule has 0 unspecified atom stereocenters. The van der Waals surface area contributed by atoms with Crippen molar-refractivity contribution in [2.24, 2.45) is 7.05 Å². The molecule has 3 heteroatoms. The molecule has 0 atom stereocenters. The van der Waals surface area contributed by atoms with Crippen LogP contribution in [0.2, 0.25) is 10.2 Å². The highest BCUT2D eigenvalue weighted by atomic mass is 35.5. The normalized spacial score (nSPS) is 10.0. The first-order chi connectivity index (χ1) is 4.61. The lowest BCUT2D eigenvalue weighted by atomic mass is 10.3. The van der Waals surface area contributed by atoms with Gasteiger partial charge in [0.25, 0.3) is 5.15 Å². The number of pyridine rings is 1. The van der Waals surface area contributed by atoms with E-state index in [-0.39, 0.29) is 0 Å². The van der Waals surface area contributed by atoms with E-state index in [4.69, 9.17) is 23.2 Å². The molecule has 0 N–H and O–H groups in total.